The summed E-state index contributed by atoms with van der Waals surface area (Å²) in [5.74, 6) is 0.253. The molecule has 0 radical (unpaired) electrons. The predicted octanol–water partition coefficient (Wildman–Crippen LogP) is 1.64. The molecule has 0 saturated carbocycles. The molecule has 3 N–H and O–H groups in total. The van der Waals surface area contributed by atoms with Gasteiger partial charge in [0, 0.05) is 11.6 Å². The Labute approximate surface area is 96.0 Å². The lowest BCUT2D eigenvalue weighted by molar-refractivity contribution is 0.100. The van der Waals surface area contributed by atoms with E-state index in [4.69, 9.17) is 5.73 Å². The minimum Gasteiger partial charge on any atom is -0.366 e. The zero-order valence-corrected chi connectivity index (χ0v) is 9.57. The number of carbonyl (C=O) groups is 1. The minimum absolute atomic E-state index is 0.356. The highest BCUT2D eigenvalue weighted by Crippen LogP contribution is 2.27. The van der Waals surface area contributed by atoms with Crippen LogP contribution < -0.4 is 11.1 Å². The van der Waals surface area contributed by atoms with Crippen molar-refractivity contribution in [2.24, 2.45) is 5.73 Å². The van der Waals surface area contributed by atoms with Crippen LogP contribution in [0.25, 0.3) is 0 Å². The lowest BCUT2D eigenvalue weighted by atomic mass is 9.86. The lowest BCUT2D eigenvalue weighted by Crippen LogP contribution is -2.34. The molecule has 1 fully saturated rings. The number of hydrogen-bond donors (Lipinski definition) is 2. The predicted molar refractivity (Wildman–Crippen MR) is 64.4 cm³/mol. The number of nitrogens with two attached hydrogens (primary N) is 1. The van der Waals surface area contributed by atoms with Gasteiger partial charge in [0.05, 0.1) is 0 Å². The Morgan fingerprint density at radius 1 is 1.38 bits per heavy atom. The summed E-state index contributed by atoms with van der Waals surface area (Å²) in [6.07, 6.45) is 2.33. The van der Waals surface area contributed by atoms with Gasteiger partial charge in [-0.15, -0.1) is 0 Å². The molecule has 2 atom stereocenters. The summed E-state index contributed by atoms with van der Waals surface area (Å²) in [7, 11) is 0. The van der Waals surface area contributed by atoms with Crippen LogP contribution >= 0.6 is 0 Å². The summed E-state index contributed by atoms with van der Waals surface area (Å²) < 4.78 is 0. The second-order valence-electron chi connectivity index (χ2n) is 4.56. The molecule has 3 nitrogen and oxygen atoms in total. The summed E-state index contributed by atoms with van der Waals surface area (Å²) in [6.45, 7) is 3.29. The Balaban J connectivity index is 2.11. The van der Waals surface area contributed by atoms with Gasteiger partial charge in [0.15, 0.2) is 0 Å². The van der Waals surface area contributed by atoms with E-state index in [9.17, 15) is 4.79 Å². The first kappa shape index (κ1) is 11.1. The largest absolute Gasteiger partial charge is 0.366 e. The van der Waals surface area contributed by atoms with Crippen LogP contribution in [0, 0.1) is 0 Å². The van der Waals surface area contributed by atoms with Crippen LogP contribution in [0.1, 0.15) is 41.6 Å². The van der Waals surface area contributed by atoms with Gasteiger partial charge in [-0.3, -0.25) is 4.79 Å². The van der Waals surface area contributed by atoms with Crippen molar-refractivity contribution in [1.29, 1.82) is 0 Å². The average molecular weight is 218 g/mol. The van der Waals surface area contributed by atoms with Crippen molar-refractivity contribution in [3.05, 3.63) is 35.4 Å². The van der Waals surface area contributed by atoms with Crippen LogP contribution in [0.5, 0.6) is 0 Å². The van der Waals surface area contributed by atoms with Crippen LogP contribution in [0.4, 0.5) is 0 Å². The van der Waals surface area contributed by atoms with Gasteiger partial charge < -0.3 is 11.1 Å². The Hall–Kier alpha value is -1.35. The highest BCUT2D eigenvalue weighted by Gasteiger charge is 2.19. The molecule has 1 aromatic rings. The summed E-state index contributed by atoms with van der Waals surface area (Å²) >= 11 is 0. The monoisotopic (exact) mass is 218 g/mol. The summed E-state index contributed by atoms with van der Waals surface area (Å²) in [5, 5.41) is 3.44. The van der Waals surface area contributed by atoms with Gasteiger partial charge in [-0.1, -0.05) is 12.1 Å². The number of nitrogens with one attached hydrogen (secondary N) is 1. The van der Waals surface area contributed by atoms with Crippen molar-refractivity contribution in [1.82, 2.24) is 5.32 Å². The second-order valence-corrected chi connectivity index (χ2v) is 4.56. The first-order valence-corrected chi connectivity index (χ1v) is 5.80. The summed E-state index contributed by atoms with van der Waals surface area (Å²) in [6, 6.07) is 8.29. The number of carbonyl (C=O) groups excluding carboxylic acids is 1. The molecule has 1 heterocycles. The van der Waals surface area contributed by atoms with Gasteiger partial charge >= 0.3 is 0 Å². The maximum Gasteiger partial charge on any atom is 0.248 e. The highest BCUT2D eigenvalue weighted by molar-refractivity contribution is 5.92. The molecule has 0 aliphatic carbocycles. The van der Waals surface area contributed by atoms with E-state index >= 15 is 0 Å². The van der Waals surface area contributed by atoms with E-state index in [1.807, 2.05) is 24.3 Å². The number of benzene rings is 1. The third-order valence-corrected chi connectivity index (χ3v) is 3.29. The zero-order chi connectivity index (χ0) is 11.5. The van der Waals surface area contributed by atoms with Gasteiger partial charge in [-0.05, 0) is 49.9 Å². The first-order chi connectivity index (χ1) is 7.66. The molecule has 2 rings (SSSR count). The van der Waals surface area contributed by atoms with Crippen LogP contribution in [-0.2, 0) is 0 Å². The zero-order valence-electron chi connectivity index (χ0n) is 9.57. The smallest absolute Gasteiger partial charge is 0.248 e. The molecule has 1 aliphatic heterocycles. The van der Waals surface area contributed by atoms with Gasteiger partial charge in [0.25, 0.3) is 0 Å². The molecular weight excluding hydrogens is 200 g/mol. The molecule has 1 aliphatic rings. The molecule has 1 amide bonds. The summed E-state index contributed by atoms with van der Waals surface area (Å²) in [4.78, 5) is 11.0. The third-order valence-electron chi connectivity index (χ3n) is 3.29. The lowest BCUT2D eigenvalue weighted by Gasteiger charge is -2.28. The average Bonchev–Trinajstić information content (AvgIpc) is 2.29. The molecule has 16 heavy (non-hydrogen) atoms. The number of primary amides is 1. The van der Waals surface area contributed by atoms with Crippen LogP contribution in [-0.4, -0.2) is 18.5 Å². The van der Waals surface area contributed by atoms with Crippen molar-refractivity contribution in [3.63, 3.8) is 0 Å². The topological polar surface area (TPSA) is 55.1 Å². The SMILES string of the molecule is C[C@@H]1C[C@@H](c2ccc(C(N)=O)cc2)CCN1. The standard InChI is InChI=1S/C13H18N2O/c1-9-8-12(6-7-15-9)10-2-4-11(5-3-10)13(14)16/h2-5,9,12,15H,6-8H2,1H3,(H2,14,16)/t9-,12+/m1/s1. The molecule has 0 bridgehead atoms. The molecule has 1 saturated heterocycles. The number of rotatable bonds is 2. The number of hydrogen-bond acceptors (Lipinski definition) is 2. The maximum atomic E-state index is 11.0. The van der Waals surface area contributed by atoms with Crippen molar-refractivity contribution < 1.29 is 4.79 Å². The molecule has 3 heteroatoms. The van der Waals surface area contributed by atoms with Gasteiger partial charge in [0.1, 0.15) is 0 Å². The van der Waals surface area contributed by atoms with Crippen molar-refractivity contribution in [2.45, 2.75) is 31.7 Å². The number of amides is 1. The van der Waals surface area contributed by atoms with E-state index < -0.39 is 0 Å². The molecule has 0 aromatic heterocycles. The molecule has 0 unspecified atom stereocenters. The van der Waals surface area contributed by atoms with Crippen LogP contribution in [0.15, 0.2) is 24.3 Å². The fourth-order valence-corrected chi connectivity index (χ4v) is 2.35. The third kappa shape index (κ3) is 2.42. The second kappa shape index (κ2) is 4.66. The highest BCUT2D eigenvalue weighted by atomic mass is 16.1. The van der Waals surface area contributed by atoms with E-state index in [0.717, 1.165) is 13.0 Å². The van der Waals surface area contributed by atoms with E-state index in [0.29, 0.717) is 17.5 Å². The van der Waals surface area contributed by atoms with Crippen LogP contribution in [0.3, 0.4) is 0 Å². The van der Waals surface area contributed by atoms with E-state index in [2.05, 4.69) is 12.2 Å². The van der Waals surface area contributed by atoms with E-state index in [1.54, 1.807) is 0 Å². The van der Waals surface area contributed by atoms with Gasteiger partial charge in [-0.2, -0.15) is 0 Å². The molecule has 1 aromatic carbocycles. The minimum atomic E-state index is -0.356. The van der Waals surface area contributed by atoms with E-state index in [-0.39, 0.29) is 5.91 Å². The van der Waals surface area contributed by atoms with Gasteiger partial charge in [-0.25, -0.2) is 0 Å². The molecule has 0 spiro atoms. The van der Waals surface area contributed by atoms with Crippen molar-refractivity contribution in [2.75, 3.05) is 6.54 Å². The van der Waals surface area contributed by atoms with Crippen molar-refractivity contribution >= 4 is 5.91 Å². The molecular formula is C13H18N2O. The van der Waals surface area contributed by atoms with E-state index in [1.165, 1.54) is 12.0 Å². The Kier molecular flexibility index (Phi) is 3.25. The first-order valence-electron chi connectivity index (χ1n) is 5.80. The fourth-order valence-electron chi connectivity index (χ4n) is 2.35. The quantitative estimate of drug-likeness (QED) is 0.793. The molecule has 86 valence electrons. The van der Waals surface area contributed by atoms with Gasteiger partial charge in [0.2, 0.25) is 5.91 Å². The summed E-state index contributed by atoms with van der Waals surface area (Å²) in [5.41, 5.74) is 7.12. The normalized spacial score (nSPS) is 25.3. The fraction of sp³-hybridized carbons (Fsp3) is 0.462. The number of piperidine rings is 1. The Morgan fingerprint density at radius 2 is 2.06 bits per heavy atom. The van der Waals surface area contributed by atoms with Crippen molar-refractivity contribution in [3.8, 4) is 0 Å². The Bertz CT molecular complexity index is 372. The Morgan fingerprint density at radius 3 is 2.62 bits per heavy atom. The maximum absolute atomic E-state index is 11.0. The van der Waals surface area contributed by atoms with Crippen LogP contribution in [0.2, 0.25) is 0 Å².